The van der Waals surface area contributed by atoms with Crippen LogP contribution in [-0.2, 0) is 9.53 Å². The van der Waals surface area contributed by atoms with Crippen LogP contribution in [0.15, 0.2) is 24.3 Å². The SMILES string of the molecule is CCCC(C)(NC(=O)c1ccccc1OC(F)F)C(=O)OC. The van der Waals surface area contributed by atoms with Gasteiger partial charge in [0.15, 0.2) is 0 Å². The molecule has 1 rings (SSSR count). The topological polar surface area (TPSA) is 64.6 Å². The Hall–Kier alpha value is -2.18. The fourth-order valence-electron chi connectivity index (χ4n) is 2.11. The summed E-state index contributed by atoms with van der Waals surface area (Å²) in [6, 6.07) is 5.59. The predicted molar refractivity (Wildman–Crippen MR) is 75.9 cm³/mol. The molecule has 1 N–H and O–H groups in total. The Morgan fingerprint density at radius 2 is 1.95 bits per heavy atom. The van der Waals surface area contributed by atoms with Crippen LogP contribution in [0.5, 0.6) is 5.75 Å². The lowest BCUT2D eigenvalue weighted by molar-refractivity contribution is -0.147. The highest BCUT2D eigenvalue weighted by Gasteiger charge is 2.36. The fourth-order valence-corrected chi connectivity index (χ4v) is 2.11. The molecule has 0 aliphatic rings. The quantitative estimate of drug-likeness (QED) is 0.786. The van der Waals surface area contributed by atoms with Crippen molar-refractivity contribution in [1.29, 1.82) is 0 Å². The minimum atomic E-state index is -3.04. The zero-order valence-corrected chi connectivity index (χ0v) is 12.7. The molecule has 5 nitrogen and oxygen atoms in total. The van der Waals surface area contributed by atoms with Gasteiger partial charge >= 0.3 is 12.6 Å². The van der Waals surface area contributed by atoms with Gasteiger partial charge < -0.3 is 14.8 Å². The summed E-state index contributed by atoms with van der Waals surface area (Å²) in [4.78, 5) is 24.2. The third-order valence-electron chi connectivity index (χ3n) is 3.12. The van der Waals surface area contributed by atoms with E-state index in [0.29, 0.717) is 12.8 Å². The highest BCUT2D eigenvalue weighted by molar-refractivity contribution is 6.00. The molecule has 1 aromatic rings. The second kappa shape index (κ2) is 7.72. The van der Waals surface area contributed by atoms with Gasteiger partial charge in [0.05, 0.1) is 12.7 Å². The Morgan fingerprint density at radius 3 is 2.50 bits per heavy atom. The van der Waals surface area contributed by atoms with E-state index < -0.39 is 24.0 Å². The van der Waals surface area contributed by atoms with Crippen LogP contribution in [0.25, 0.3) is 0 Å². The number of esters is 1. The molecule has 122 valence electrons. The van der Waals surface area contributed by atoms with Crippen LogP contribution < -0.4 is 10.1 Å². The van der Waals surface area contributed by atoms with Crippen molar-refractivity contribution in [2.75, 3.05) is 7.11 Å². The molecule has 1 aromatic carbocycles. The molecule has 0 aliphatic heterocycles. The van der Waals surface area contributed by atoms with E-state index in [1.807, 2.05) is 6.92 Å². The maximum atomic E-state index is 12.4. The van der Waals surface area contributed by atoms with Crippen LogP contribution in [-0.4, -0.2) is 31.1 Å². The maximum Gasteiger partial charge on any atom is 0.387 e. The summed E-state index contributed by atoms with van der Waals surface area (Å²) in [5.74, 6) is -1.54. The Labute approximate surface area is 127 Å². The molecule has 0 aliphatic carbocycles. The number of halogens is 2. The van der Waals surface area contributed by atoms with E-state index in [4.69, 9.17) is 4.74 Å². The van der Waals surface area contributed by atoms with Gasteiger partial charge in [-0.25, -0.2) is 4.79 Å². The third-order valence-corrected chi connectivity index (χ3v) is 3.12. The normalized spacial score (nSPS) is 13.4. The molecule has 0 bridgehead atoms. The molecule has 0 saturated carbocycles. The van der Waals surface area contributed by atoms with E-state index in [0.717, 1.165) is 0 Å². The third kappa shape index (κ3) is 4.41. The molecule has 1 atom stereocenters. The van der Waals surface area contributed by atoms with Gasteiger partial charge in [0, 0.05) is 0 Å². The van der Waals surface area contributed by atoms with Crippen LogP contribution in [0.1, 0.15) is 37.0 Å². The van der Waals surface area contributed by atoms with Gasteiger partial charge in [-0.3, -0.25) is 4.79 Å². The monoisotopic (exact) mass is 315 g/mol. The molecular formula is C15H19F2NO4. The van der Waals surface area contributed by atoms with Crippen molar-refractivity contribution < 1.29 is 27.8 Å². The van der Waals surface area contributed by atoms with Crippen LogP contribution in [0.2, 0.25) is 0 Å². The summed E-state index contributed by atoms with van der Waals surface area (Å²) in [6.07, 6.45) is 0.977. The van der Waals surface area contributed by atoms with Crippen LogP contribution in [0.3, 0.4) is 0 Å². The number of hydrogen-bond acceptors (Lipinski definition) is 4. The molecule has 0 aromatic heterocycles. The summed E-state index contributed by atoms with van der Waals surface area (Å²) in [6.45, 7) is 0.328. The number of carbonyl (C=O) groups excluding carboxylic acids is 2. The van der Waals surface area contributed by atoms with E-state index in [2.05, 4.69) is 10.1 Å². The van der Waals surface area contributed by atoms with Gasteiger partial charge in [-0.05, 0) is 25.5 Å². The molecule has 1 unspecified atom stereocenters. The molecule has 0 saturated heterocycles. The lowest BCUT2D eigenvalue weighted by atomic mass is 9.95. The van der Waals surface area contributed by atoms with Gasteiger partial charge in [-0.15, -0.1) is 0 Å². The van der Waals surface area contributed by atoms with Gasteiger partial charge in [0.25, 0.3) is 5.91 Å². The first-order valence-corrected chi connectivity index (χ1v) is 6.78. The fraction of sp³-hybridized carbons (Fsp3) is 0.467. The smallest absolute Gasteiger partial charge is 0.387 e. The maximum absolute atomic E-state index is 12.4. The van der Waals surface area contributed by atoms with Crippen molar-refractivity contribution in [2.45, 2.75) is 38.8 Å². The zero-order valence-electron chi connectivity index (χ0n) is 12.7. The second-order valence-corrected chi connectivity index (χ2v) is 4.90. The minimum absolute atomic E-state index is 0.0750. The molecule has 1 amide bonds. The average Bonchev–Trinajstić information content (AvgIpc) is 2.46. The number of alkyl halides is 2. The first-order valence-electron chi connectivity index (χ1n) is 6.78. The first-order chi connectivity index (χ1) is 10.3. The van der Waals surface area contributed by atoms with Crippen molar-refractivity contribution in [3.05, 3.63) is 29.8 Å². The Bertz CT molecular complexity index is 536. The Kier molecular flexibility index (Phi) is 6.27. The van der Waals surface area contributed by atoms with Gasteiger partial charge in [-0.2, -0.15) is 8.78 Å². The molecule has 0 spiro atoms. The first kappa shape index (κ1) is 17.9. The van der Waals surface area contributed by atoms with Crippen molar-refractivity contribution >= 4 is 11.9 Å². The molecule has 22 heavy (non-hydrogen) atoms. The number of ether oxygens (including phenoxy) is 2. The number of hydrogen-bond donors (Lipinski definition) is 1. The molecule has 0 heterocycles. The average molecular weight is 315 g/mol. The van der Waals surface area contributed by atoms with Gasteiger partial charge in [0.2, 0.25) is 0 Å². The van der Waals surface area contributed by atoms with Gasteiger partial charge in [-0.1, -0.05) is 25.5 Å². The zero-order chi connectivity index (χ0) is 16.8. The van der Waals surface area contributed by atoms with Crippen molar-refractivity contribution in [3.63, 3.8) is 0 Å². The number of nitrogens with one attached hydrogen (secondary N) is 1. The minimum Gasteiger partial charge on any atom is -0.467 e. The number of para-hydroxylation sites is 1. The number of carbonyl (C=O) groups is 2. The standard InChI is InChI=1S/C15H19F2NO4/c1-4-9-15(2,13(20)21-3)18-12(19)10-7-5-6-8-11(10)22-14(16)17/h5-8,14H,4,9H2,1-3H3,(H,18,19). The van der Waals surface area contributed by atoms with E-state index in [9.17, 15) is 18.4 Å². The molecule has 7 heteroatoms. The van der Waals surface area contributed by atoms with E-state index >= 15 is 0 Å². The highest BCUT2D eigenvalue weighted by Crippen LogP contribution is 2.22. The summed E-state index contributed by atoms with van der Waals surface area (Å²) < 4.78 is 33.8. The lowest BCUT2D eigenvalue weighted by Gasteiger charge is -2.27. The van der Waals surface area contributed by atoms with E-state index in [1.165, 1.54) is 38.3 Å². The van der Waals surface area contributed by atoms with Crippen LogP contribution in [0.4, 0.5) is 8.78 Å². The summed E-state index contributed by atoms with van der Waals surface area (Å²) in [5, 5.41) is 2.54. The van der Waals surface area contributed by atoms with Crippen LogP contribution in [0, 0.1) is 0 Å². The molecular weight excluding hydrogens is 296 g/mol. The van der Waals surface area contributed by atoms with Crippen LogP contribution >= 0.6 is 0 Å². The number of methoxy groups -OCH3 is 1. The summed E-state index contributed by atoms with van der Waals surface area (Å²) in [5.41, 5.74) is -1.31. The highest BCUT2D eigenvalue weighted by atomic mass is 19.3. The summed E-state index contributed by atoms with van der Waals surface area (Å²) >= 11 is 0. The number of rotatable bonds is 7. The second-order valence-electron chi connectivity index (χ2n) is 4.90. The number of amides is 1. The van der Waals surface area contributed by atoms with Crippen molar-refractivity contribution in [1.82, 2.24) is 5.32 Å². The summed E-state index contributed by atoms with van der Waals surface area (Å²) in [7, 11) is 1.22. The predicted octanol–water partition coefficient (Wildman–Crippen LogP) is 2.75. The molecule has 0 radical (unpaired) electrons. The lowest BCUT2D eigenvalue weighted by Crippen LogP contribution is -2.52. The van der Waals surface area contributed by atoms with Gasteiger partial charge in [0.1, 0.15) is 11.3 Å². The molecule has 0 fully saturated rings. The number of benzene rings is 1. The van der Waals surface area contributed by atoms with E-state index in [-0.39, 0.29) is 11.3 Å². The van der Waals surface area contributed by atoms with Crippen molar-refractivity contribution in [2.24, 2.45) is 0 Å². The van der Waals surface area contributed by atoms with Crippen molar-refractivity contribution in [3.8, 4) is 5.75 Å². The Morgan fingerprint density at radius 1 is 1.32 bits per heavy atom. The Balaban J connectivity index is 3.03. The van der Waals surface area contributed by atoms with E-state index in [1.54, 1.807) is 0 Å². The largest absolute Gasteiger partial charge is 0.467 e.